The zero-order valence-corrected chi connectivity index (χ0v) is 14.9. The maximum absolute atomic E-state index is 12.2. The Morgan fingerprint density at radius 1 is 1.00 bits per heavy atom. The predicted octanol–water partition coefficient (Wildman–Crippen LogP) is 2.57. The van der Waals surface area contributed by atoms with Gasteiger partial charge in [0.2, 0.25) is 11.9 Å². The van der Waals surface area contributed by atoms with Crippen molar-refractivity contribution < 1.29 is 4.79 Å². The molecular formula is C19H21N7O. The van der Waals surface area contributed by atoms with Crippen LogP contribution >= 0.6 is 0 Å². The third-order valence-electron chi connectivity index (χ3n) is 3.77. The molecule has 0 spiro atoms. The van der Waals surface area contributed by atoms with E-state index in [0.29, 0.717) is 36.2 Å². The van der Waals surface area contributed by atoms with E-state index < -0.39 is 0 Å². The largest absolute Gasteiger partial charge is 0.352 e. The Balaban J connectivity index is 1.77. The van der Waals surface area contributed by atoms with Crippen molar-refractivity contribution in [3.8, 4) is 0 Å². The maximum Gasteiger partial charge on any atom is 0.253 e. The molecule has 27 heavy (non-hydrogen) atoms. The molecule has 1 aromatic heterocycles. The highest BCUT2D eigenvalue weighted by atomic mass is 16.1. The fourth-order valence-electron chi connectivity index (χ4n) is 2.44. The molecule has 0 saturated heterocycles. The molecule has 1 heterocycles. The molecule has 1 amide bonds. The lowest BCUT2D eigenvalue weighted by molar-refractivity contribution is 0.0956. The Morgan fingerprint density at radius 3 is 2.41 bits per heavy atom. The molecule has 2 aromatic carbocycles. The summed E-state index contributed by atoms with van der Waals surface area (Å²) in [6.45, 7) is 2.92. The van der Waals surface area contributed by atoms with Crippen LogP contribution in [-0.2, 0) is 6.54 Å². The van der Waals surface area contributed by atoms with Gasteiger partial charge in [-0.1, -0.05) is 24.3 Å². The van der Waals surface area contributed by atoms with E-state index in [1.165, 1.54) is 6.33 Å². The van der Waals surface area contributed by atoms with E-state index in [9.17, 15) is 4.79 Å². The van der Waals surface area contributed by atoms with Crippen LogP contribution < -0.4 is 21.7 Å². The number of nitrogens with two attached hydrogens (primary N) is 1. The predicted molar refractivity (Wildman–Crippen MR) is 105 cm³/mol. The zero-order chi connectivity index (χ0) is 19.1. The fourth-order valence-corrected chi connectivity index (χ4v) is 2.44. The monoisotopic (exact) mass is 363 g/mol. The highest BCUT2D eigenvalue weighted by Crippen LogP contribution is 2.20. The highest BCUT2D eigenvalue weighted by molar-refractivity contribution is 6.00. The van der Waals surface area contributed by atoms with Crippen molar-refractivity contribution >= 4 is 29.2 Å². The smallest absolute Gasteiger partial charge is 0.253 e. The average Bonchev–Trinajstić information content (AvgIpc) is 2.69. The van der Waals surface area contributed by atoms with Crippen molar-refractivity contribution in [2.45, 2.75) is 13.5 Å². The number of aromatic nitrogens is 3. The number of amides is 1. The summed E-state index contributed by atoms with van der Waals surface area (Å²) in [5.41, 5.74) is 8.63. The Hall–Kier alpha value is -3.52. The van der Waals surface area contributed by atoms with Crippen molar-refractivity contribution in [3.05, 3.63) is 66.0 Å². The summed E-state index contributed by atoms with van der Waals surface area (Å²) in [5.74, 6) is 0.569. The van der Waals surface area contributed by atoms with Crippen LogP contribution in [0.1, 0.15) is 22.8 Å². The highest BCUT2D eigenvalue weighted by Gasteiger charge is 2.11. The first-order valence-corrected chi connectivity index (χ1v) is 8.59. The quantitative estimate of drug-likeness (QED) is 0.509. The van der Waals surface area contributed by atoms with Gasteiger partial charge in [0.1, 0.15) is 6.33 Å². The summed E-state index contributed by atoms with van der Waals surface area (Å²) in [4.78, 5) is 24.8. The minimum Gasteiger partial charge on any atom is -0.352 e. The fraction of sp³-hybridized carbons (Fsp3) is 0.158. The second-order valence-electron chi connectivity index (χ2n) is 5.69. The second-order valence-corrected chi connectivity index (χ2v) is 5.69. The topological polar surface area (TPSA) is 118 Å². The average molecular weight is 363 g/mol. The van der Waals surface area contributed by atoms with Gasteiger partial charge in [-0.3, -0.25) is 4.79 Å². The van der Waals surface area contributed by atoms with Gasteiger partial charge in [-0.2, -0.15) is 4.98 Å². The van der Waals surface area contributed by atoms with Crippen molar-refractivity contribution in [1.82, 2.24) is 20.3 Å². The van der Waals surface area contributed by atoms with Gasteiger partial charge in [-0.25, -0.2) is 9.97 Å². The SMILES string of the molecule is CCNC(=O)c1ccccc1Nc1ncnc(Nc2ccc(CN)cc2)n1. The molecule has 5 N–H and O–H groups in total. The number of carbonyl (C=O) groups excluding carboxylic acids is 1. The number of hydrogen-bond acceptors (Lipinski definition) is 7. The zero-order valence-electron chi connectivity index (χ0n) is 14.9. The Kier molecular flexibility index (Phi) is 5.91. The molecule has 0 fully saturated rings. The summed E-state index contributed by atoms with van der Waals surface area (Å²) >= 11 is 0. The number of benzene rings is 2. The van der Waals surface area contributed by atoms with Gasteiger partial charge in [-0.15, -0.1) is 0 Å². The Bertz CT molecular complexity index is 912. The van der Waals surface area contributed by atoms with Crippen molar-refractivity contribution in [2.75, 3.05) is 17.2 Å². The van der Waals surface area contributed by atoms with Crippen LogP contribution in [0.5, 0.6) is 0 Å². The summed E-state index contributed by atoms with van der Waals surface area (Å²) in [6, 6.07) is 14.9. The van der Waals surface area contributed by atoms with Gasteiger partial charge in [-0.05, 0) is 36.8 Å². The first-order chi connectivity index (χ1) is 13.2. The number of nitrogens with zero attached hydrogens (tertiary/aromatic N) is 3. The van der Waals surface area contributed by atoms with Crippen molar-refractivity contribution in [1.29, 1.82) is 0 Å². The third kappa shape index (κ3) is 4.77. The molecular weight excluding hydrogens is 342 g/mol. The van der Waals surface area contributed by atoms with E-state index in [4.69, 9.17) is 5.73 Å². The van der Waals surface area contributed by atoms with Gasteiger partial charge < -0.3 is 21.7 Å². The van der Waals surface area contributed by atoms with Gasteiger partial charge in [0.15, 0.2) is 0 Å². The lowest BCUT2D eigenvalue weighted by Crippen LogP contribution is -2.23. The van der Waals surface area contributed by atoms with Crippen molar-refractivity contribution in [2.24, 2.45) is 5.73 Å². The van der Waals surface area contributed by atoms with E-state index in [0.717, 1.165) is 11.3 Å². The Morgan fingerprint density at radius 2 is 1.70 bits per heavy atom. The third-order valence-corrected chi connectivity index (χ3v) is 3.77. The number of para-hydroxylation sites is 1. The molecule has 0 unspecified atom stereocenters. The number of carbonyl (C=O) groups is 1. The van der Waals surface area contributed by atoms with Crippen LogP contribution in [0.4, 0.5) is 23.3 Å². The standard InChI is InChI=1S/C19H21N7O/c1-2-21-17(27)15-5-3-4-6-16(15)25-19-23-12-22-18(26-19)24-14-9-7-13(11-20)8-10-14/h3-10,12H,2,11,20H2,1H3,(H,21,27)(H2,22,23,24,25,26). The summed E-state index contributed by atoms with van der Waals surface area (Å²) in [5, 5.41) is 8.98. The molecule has 0 radical (unpaired) electrons. The first kappa shape index (κ1) is 18.3. The van der Waals surface area contributed by atoms with Crippen LogP contribution in [0.15, 0.2) is 54.9 Å². The number of anilines is 4. The molecule has 0 bridgehead atoms. The van der Waals surface area contributed by atoms with Crippen LogP contribution in [0.3, 0.4) is 0 Å². The minimum atomic E-state index is -0.159. The van der Waals surface area contributed by atoms with E-state index >= 15 is 0 Å². The molecule has 0 atom stereocenters. The molecule has 8 nitrogen and oxygen atoms in total. The van der Waals surface area contributed by atoms with E-state index in [1.54, 1.807) is 18.2 Å². The Labute approximate surface area is 157 Å². The van der Waals surface area contributed by atoms with Crippen LogP contribution in [0, 0.1) is 0 Å². The molecule has 3 aromatic rings. The van der Waals surface area contributed by atoms with E-state index in [-0.39, 0.29) is 5.91 Å². The molecule has 0 aliphatic heterocycles. The summed E-state index contributed by atoms with van der Waals surface area (Å²) in [6.07, 6.45) is 1.40. The molecule has 0 aliphatic carbocycles. The summed E-state index contributed by atoms with van der Waals surface area (Å²) < 4.78 is 0. The minimum absolute atomic E-state index is 0.159. The maximum atomic E-state index is 12.2. The molecule has 8 heteroatoms. The molecule has 0 aliphatic rings. The number of nitrogens with one attached hydrogen (secondary N) is 3. The second kappa shape index (κ2) is 8.72. The first-order valence-electron chi connectivity index (χ1n) is 8.59. The molecule has 138 valence electrons. The van der Waals surface area contributed by atoms with Crippen LogP contribution in [-0.4, -0.2) is 27.4 Å². The molecule has 3 rings (SSSR count). The van der Waals surface area contributed by atoms with Crippen molar-refractivity contribution in [3.63, 3.8) is 0 Å². The number of hydrogen-bond donors (Lipinski definition) is 4. The van der Waals surface area contributed by atoms with Gasteiger partial charge in [0.25, 0.3) is 5.91 Å². The lowest BCUT2D eigenvalue weighted by Gasteiger charge is -2.11. The van der Waals surface area contributed by atoms with Gasteiger partial charge >= 0.3 is 0 Å². The normalized spacial score (nSPS) is 10.3. The van der Waals surface area contributed by atoms with E-state index in [1.807, 2.05) is 37.3 Å². The van der Waals surface area contributed by atoms with Crippen LogP contribution in [0.25, 0.3) is 0 Å². The lowest BCUT2D eigenvalue weighted by atomic mass is 10.1. The molecule has 0 saturated carbocycles. The van der Waals surface area contributed by atoms with E-state index in [2.05, 4.69) is 30.9 Å². The van der Waals surface area contributed by atoms with Gasteiger partial charge in [0, 0.05) is 18.8 Å². The van der Waals surface area contributed by atoms with Crippen LogP contribution in [0.2, 0.25) is 0 Å². The van der Waals surface area contributed by atoms with Gasteiger partial charge in [0.05, 0.1) is 11.3 Å². The summed E-state index contributed by atoms with van der Waals surface area (Å²) in [7, 11) is 0. The number of rotatable bonds is 7.